The average Bonchev–Trinajstić information content (AvgIpc) is 2.44. The zero-order chi connectivity index (χ0) is 13.2. The molecule has 0 spiro atoms. The second-order valence-corrected chi connectivity index (χ2v) is 4.34. The lowest BCUT2D eigenvalue weighted by Crippen LogP contribution is -2.19. The van der Waals surface area contributed by atoms with Crippen molar-refractivity contribution in [2.24, 2.45) is 0 Å². The van der Waals surface area contributed by atoms with Gasteiger partial charge in [0.05, 0.1) is 0 Å². The standard InChI is InChI=1S/C15H12N2O2/c18-13-7-4-8-17-14(13)16-10-12(15(17)19)9-11-5-2-1-3-6-11/h1-8,10,18H,9H2. The first-order valence-electron chi connectivity index (χ1n) is 5.98. The fourth-order valence-electron chi connectivity index (χ4n) is 2.07. The van der Waals surface area contributed by atoms with Crippen LogP contribution < -0.4 is 5.56 Å². The molecule has 0 bridgehead atoms. The molecule has 1 aromatic carbocycles. The molecule has 3 aromatic rings. The lowest BCUT2D eigenvalue weighted by atomic mass is 10.1. The molecule has 0 fully saturated rings. The van der Waals surface area contributed by atoms with E-state index in [2.05, 4.69) is 4.98 Å². The van der Waals surface area contributed by atoms with Gasteiger partial charge in [0.2, 0.25) is 0 Å². The van der Waals surface area contributed by atoms with Crippen LogP contribution in [0.5, 0.6) is 5.75 Å². The maximum absolute atomic E-state index is 12.3. The Labute approximate surface area is 109 Å². The summed E-state index contributed by atoms with van der Waals surface area (Å²) in [7, 11) is 0. The first kappa shape index (κ1) is 11.5. The second-order valence-electron chi connectivity index (χ2n) is 4.34. The Morgan fingerprint density at radius 3 is 2.68 bits per heavy atom. The number of hydrogen-bond donors (Lipinski definition) is 1. The SMILES string of the molecule is O=c1c(Cc2ccccc2)cnc2c(O)cccn12. The topological polar surface area (TPSA) is 54.6 Å². The van der Waals surface area contributed by atoms with Gasteiger partial charge in [0, 0.05) is 24.4 Å². The highest BCUT2D eigenvalue weighted by atomic mass is 16.3. The van der Waals surface area contributed by atoms with E-state index in [4.69, 9.17) is 0 Å². The predicted octanol–water partition coefficient (Wildman–Crippen LogP) is 1.99. The summed E-state index contributed by atoms with van der Waals surface area (Å²) in [5.41, 5.74) is 1.80. The van der Waals surface area contributed by atoms with Gasteiger partial charge in [0.15, 0.2) is 11.4 Å². The lowest BCUT2D eigenvalue weighted by molar-refractivity contribution is 0.476. The van der Waals surface area contributed by atoms with Gasteiger partial charge in [-0.1, -0.05) is 30.3 Å². The highest BCUT2D eigenvalue weighted by molar-refractivity contribution is 5.52. The van der Waals surface area contributed by atoms with Crippen LogP contribution in [0, 0.1) is 0 Å². The highest BCUT2D eigenvalue weighted by Crippen LogP contribution is 2.14. The minimum Gasteiger partial charge on any atom is -0.504 e. The molecule has 19 heavy (non-hydrogen) atoms. The zero-order valence-electron chi connectivity index (χ0n) is 10.2. The van der Waals surface area contributed by atoms with Crippen molar-refractivity contribution in [3.8, 4) is 5.75 Å². The van der Waals surface area contributed by atoms with Crippen LogP contribution in [0.15, 0.2) is 59.7 Å². The third kappa shape index (κ3) is 2.08. The molecule has 0 aliphatic heterocycles. The number of rotatable bonds is 2. The highest BCUT2D eigenvalue weighted by Gasteiger charge is 2.07. The number of hydrogen-bond acceptors (Lipinski definition) is 3. The van der Waals surface area contributed by atoms with Gasteiger partial charge in [-0.15, -0.1) is 0 Å². The zero-order valence-corrected chi connectivity index (χ0v) is 10.2. The third-order valence-electron chi connectivity index (χ3n) is 3.02. The summed E-state index contributed by atoms with van der Waals surface area (Å²) in [6.07, 6.45) is 3.68. The Morgan fingerprint density at radius 2 is 1.89 bits per heavy atom. The van der Waals surface area contributed by atoms with E-state index in [9.17, 15) is 9.90 Å². The van der Waals surface area contributed by atoms with Crippen molar-refractivity contribution in [3.05, 3.63) is 76.3 Å². The maximum Gasteiger partial charge on any atom is 0.261 e. The van der Waals surface area contributed by atoms with Gasteiger partial charge in [0.25, 0.3) is 5.56 Å². The van der Waals surface area contributed by atoms with E-state index in [1.807, 2.05) is 30.3 Å². The van der Waals surface area contributed by atoms with Crippen LogP contribution in [-0.4, -0.2) is 14.5 Å². The largest absolute Gasteiger partial charge is 0.504 e. The fourth-order valence-corrected chi connectivity index (χ4v) is 2.07. The Bertz CT molecular complexity index is 779. The van der Waals surface area contributed by atoms with Gasteiger partial charge in [-0.3, -0.25) is 9.20 Å². The Morgan fingerprint density at radius 1 is 1.11 bits per heavy atom. The summed E-state index contributed by atoms with van der Waals surface area (Å²) < 4.78 is 1.37. The molecule has 0 atom stereocenters. The van der Waals surface area contributed by atoms with Crippen LogP contribution >= 0.6 is 0 Å². The van der Waals surface area contributed by atoms with E-state index in [-0.39, 0.29) is 17.0 Å². The van der Waals surface area contributed by atoms with Crippen LogP contribution in [0.1, 0.15) is 11.1 Å². The van der Waals surface area contributed by atoms with Gasteiger partial charge in [-0.25, -0.2) is 4.98 Å². The van der Waals surface area contributed by atoms with Crippen molar-refractivity contribution in [2.75, 3.05) is 0 Å². The summed E-state index contributed by atoms with van der Waals surface area (Å²) in [6.45, 7) is 0. The van der Waals surface area contributed by atoms with Gasteiger partial charge in [-0.05, 0) is 17.7 Å². The van der Waals surface area contributed by atoms with Crippen molar-refractivity contribution >= 4 is 5.65 Å². The molecule has 1 N–H and O–H groups in total. The predicted molar refractivity (Wildman–Crippen MR) is 72.4 cm³/mol. The molecule has 0 saturated heterocycles. The molecular weight excluding hydrogens is 240 g/mol. The molecular formula is C15H12N2O2. The van der Waals surface area contributed by atoms with Crippen LogP contribution in [-0.2, 0) is 6.42 Å². The monoisotopic (exact) mass is 252 g/mol. The Hall–Kier alpha value is -2.62. The van der Waals surface area contributed by atoms with E-state index in [1.54, 1.807) is 12.3 Å². The molecule has 0 unspecified atom stereocenters. The molecule has 2 heterocycles. The number of aromatic hydroxyl groups is 1. The van der Waals surface area contributed by atoms with Crippen LogP contribution in [0.4, 0.5) is 0 Å². The summed E-state index contributed by atoms with van der Waals surface area (Å²) >= 11 is 0. The fraction of sp³-hybridized carbons (Fsp3) is 0.0667. The van der Waals surface area contributed by atoms with Gasteiger partial charge in [-0.2, -0.15) is 0 Å². The molecule has 2 aromatic heterocycles. The van der Waals surface area contributed by atoms with Crippen molar-refractivity contribution in [1.29, 1.82) is 0 Å². The number of pyridine rings is 1. The van der Waals surface area contributed by atoms with E-state index in [0.717, 1.165) is 5.56 Å². The van der Waals surface area contributed by atoms with E-state index < -0.39 is 0 Å². The van der Waals surface area contributed by atoms with Gasteiger partial charge >= 0.3 is 0 Å². The third-order valence-corrected chi connectivity index (χ3v) is 3.02. The molecule has 0 radical (unpaired) electrons. The van der Waals surface area contributed by atoms with Crippen molar-refractivity contribution < 1.29 is 5.11 Å². The summed E-state index contributed by atoms with van der Waals surface area (Å²) in [5, 5.41) is 9.65. The molecule has 94 valence electrons. The number of benzene rings is 1. The van der Waals surface area contributed by atoms with Crippen molar-refractivity contribution in [2.45, 2.75) is 6.42 Å². The number of nitrogens with zero attached hydrogens (tertiary/aromatic N) is 2. The first-order chi connectivity index (χ1) is 9.25. The normalized spacial score (nSPS) is 10.7. The number of fused-ring (bicyclic) bond motifs is 1. The van der Waals surface area contributed by atoms with Crippen LogP contribution in [0.3, 0.4) is 0 Å². The minimum atomic E-state index is -0.148. The minimum absolute atomic E-state index is 0.00543. The van der Waals surface area contributed by atoms with Crippen molar-refractivity contribution in [1.82, 2.24) is 9.38 Å². The number of aromatic nitrogens is 2. The van der Waals surface area contributed by atoms with E-state index >= 15 is 0 Å². The van der Waals surface area contributed by atoms with E-state index in [0.29, 0.717) is 12.0 Å². The van der Waals surface area contributed by atoms with Gasteiger partial charge < -0.3 is 5.11 Å². The Kier molecular flexibility index (Phi) is 2.76. The van der Waals surface area contributed by atoms with E-state index in [1.165, 1.54) is 16.7 Å². The molecule has 4 heteroatoms. The molecule has 0 aliphatic carbocycles. The molecule has 4 nitrogen and oxygen atoms in total. The smallest absolute Gasteiger partial charge is 0.261 e. The molecule has 0 aliphatic rings. The van der Waals surface area contributed by atoms with Crippen LogP contribution in [0.25, 0.3) is 5.65 Å². The van der Waals surface area contributed by atoms with Crippen molar-refractivity contribution in [3.63, 3.8) is 0 Å². The molecule has 0 amide bonds. The maximum atomic E-state index is 12.3. The summed E-state index contributed by atoms with van der Waals surface area (Å²) in [5.74, 6) is 0.00543. The molecule has 3 rings (SSSR count). The average molecular weight is 252 g/mol. The first-order valence-corrected chi connectivity index (χ1v) is 5.98. The Balaban J connectivity index is 2.11. The van der Waals surface area contributed by atoms with Crippen LogP contribution in [0.2, 0.25) is 0 Å². The molecule has 0 saturated carbocycles. The summed E-state index contributed by atoms with van der Waals surface area (Å²) in [4.78, 5) is 16.4. The quantitative estimate of drug-likeness (QED) is 0.758. The lowest BCUT2D eigenvalue weighted by Gasteiger charge is -2.05. The second kappa shape index (κ2) is 4.57. The summed E-state index contributed by atoms with van der Waals surface area (Å²) in [6, 6.07) is 12.9. The van der Waals surface area contributed by atoms with Gasteiger partial charge in [0.1, 0.15) is 0 Å².